The third-order valence-electron chi connectivity index (χ3n) is 1.69. The minimum Gasteiger partial charge on any atom is -0.397 e. The minimum atomic E-state index is -4.07. The van der Waals surface area contributed by atoms with Crippen LogP contribution in [0, 0.1) is 23.0 Å². The summed E-state index contributed by atoms with van der Waals surface area (Å²) in [5, 5.41) is 8.49. The second kappa shape index (κ2) is 3.47. The molecule has 0 radical (unpaired) electrons. The number of halogens is 2. The van der Waals surface area contributed by atoms with E-state index in [-0.39, 0.29) is 0 Å². The Bertz CT molecular complexity index is 561. The van der Waals surface area contributed by atoms with Crippen LogP contribution < -0.4 is 5.73 Å². The van der Waals surface area contributed by atoms with Crippen LogP contribution in [0.3, 0.4) is 0 Å². The Balaban J connectivity index is 3.79. The first kappa shape index (κ1) is 11.4. The van der Waals surface area contributed by atoms with Crippen LogP contribution in [-0.2, 0) is 9.84 Å². The summed E-state index contributed by atoms with van der Waals surface area (Å²) in [5.41, 5.74) is 4.05. The molecule has 2 N–H and O–H groups in total. The van der Waals surface area contributed by atoms with Crippen LogP contribution in [0.4, 0.5) is 14.5 Å². The number of hydrogen-bond donors (Lipinski definition) is 1. The molecule has 0 atom stereocenters. The van der Waals surface area contributed by atoms with Gasteiger partial charge in [0.05, 0.1) is 5.69 Å². The summed E-state index contributed by atoms with van der Waals surface area (Å²) in [6, 6.07) is 1.98. The third-order valence-corrected chi connectivity index (χ3v) is 2.81. The van der Waals surface area contributed by atoms with E-state index < -0.39 is 37.6 Å². The summed E-state index contributed by atoms with van der Waals surface area (Å²) in [6.07, 6.45) is 0.645. The molecule has 1 aromatic carbocycles. The molecule has 0 saturated heterocycles. The van der Waals surface area contributed by atoms with Crippen molar-refractivity contribution in [3.63, 3.8) is 0 Å². The molecule has 0 spiro atoms. The van der Waals surface area contributed by atoms with Crippen LogP contribution in [0.2, 0.25) is 0 Å². The van der Waals surface area contributed by atoms with Crippen LogP contribution in [0.25, 0.3) is 0 Å². The summed E-state index contributed by atoms with van der Waals surface area (Å²) in [6.45, 7) is 0. The molecule has 0 unspecified atom stereocenters. The van der Waals surface area contributed by atoms with E-state index in [1.54, 1.807) is 0 Å². The highest BCUT2D eigenvalue weighted by molar-refractivity contribution is 7.90. The van der Waals surface area contributed by atoms with Crippen molar-refractivity contribution in [1.82, 2.24) is 0 Å². The first-order valence-corrected chi connectivity index (χ1v) is 5.55. The van der Waals surface area contributed by atoms with Gasteiger partial charge in [-0.25, -0.2) is 17.2 Å². The molecule has 1 aromatic rings. The fourth-order valence-electron chi connectivity index (χ4n) is 1.07. The van der Waals surface area contributed by atoms with Gasteiger partial charge in [0.2, 0.25) is 0 Å². The summed E-state index contributed by atoms with van der Waals surface area (Å²) >= 11 is 0. The molecular formula is C8H6F2N2O2S. The first-order chi connectivity index (χ1) is 6.79. The molecule has 7 heteroatoms. The lowest BCUT2D eigenvalue weighted by Crippen LogP contribution is -2.08. The lowest BCUT2D eigenvalue weighted by molar-refractivity contribution is 0.520. The number of nitrogen functional groups attached to an aromatic ring is 1. The van der Waals surface area contributed by atoms with Gasteiger partial charge in [-0.1, -0.05) is 0 Å². The van der Waals surface area contributed by atoms with Crippen molar-refractivity contribution < 1.29 is 17.2 Å². The average molecular weight is 232 g/mol. The highest BCUT2D eigenvalue weighted by atomic mass is 32.2. The van der Waals surface area contributed by atoms with Crippen LogP contribution in [-0.4, -0.2) is 14.7 Å². The van der Waals surface area contributed by atoms with Crippen molar-refractivity contribution in [3.05, 3.63) is 23.3 Å². The molecule has 0 aliphatic heterocycles. The van der Waals surface area contributed by atoms with E-state index in [0.29, 0.717) is 12.3 Å². The molecule has 0 heterocycles. The second-order valence-corrected chi connectivity index (χ2v) is 4.80. The van der Waals surface area contributed by atoms with Gasteiger partial charge in [-0.15, -0.1) is 0 Å². The monoisotopic (exact) mass is 232 g/mol. The van der Waals surface area contributed by atoms with Gasteiger partial charge in [-0.2, -0.15) is 5.26 Å². The molecule has 0 amide bonds. The van der Waals surface area contributed by atoms with Gasteiger partial charge in [-0.3, -0.25) is 0 Å². The van der Waals surface area contributed by atoms with Gasteiger partial charge < -0.3 is 5.73 Å². The van der Waals surface area contributed by atoms with E-state index in [1.807, 2.05) is 0 Å². The number of sulfone groups is 1. The van der Waals surface area contributed by atoms with Crippen LogP contribution in [0.15, 0.2) is 11.0 Å². The normalized spacial score (nSPS) is 11.1. The molecule has 0 aromatic heterocycles. The molecule has 1 rings (SSSR count). The molecular weight excluding hydrogens is 226 g/mol. The summed E-state index contributed by atoms with van der Waals surface area (Å²) < 4.78 is 48.5. The zero-order valence-electron chi connectivity index (χ0n) is 7.58. The molecule has 4 nitrogen and oxygen atoms in total. The van der Waals surface area contributed by atoms with Crippen LogP contribution in [0.5, 0.6) is 0 Å². The highest BCUT2D eigenvalue weighted by Gasteiger charge is 2.24. The zero-order chi connectivity index (χ0) is 11.8. The second-order valence-electron chi connectivity index (χ2n) is 2.85. The standard InChI is InChI=1S/C8H6F2N2O2S/c1-15(13,14)8-5(9)2-6(12)4(3-11)7(8)10/h2H,12H2,1H3. The Morgan fingerprint density at radius 2 is 2.00 bits per heavy atom. The van der Waals surface area contributed by atoms with Crippen molar-refractivity contribution in [2.24, 2.45) is 0 Å². The maximum atomic E-state index is 13.4. The predicted molar refractivity (Wildman–Crippen MR) is 48.6 cm³/mol. The molecule has 0 fully saturated rings. The Kier molecular flexibility index (Phi) is 2.64. The first-order valence-electron chi connectivity index (χ1n) is 3.66. The lowest BCUT2D eigenvalue weighted by Gasteiger charge is -2.05. The van der Waals surface area contributed by atoms with Crippen molar-refractivity contribution in [2.45, 2.75) is 4.90 Å². The summed E-state index contributed by atoms with van der Waals surface area (Å²) in [7, 11) is -4.07. The largest absolute Gasteiger partial charge is 0.397 e. The zero-order valence-corrected chi connectivity index (χ0v) is 8.40. The highest BCUT2D eigenvalue weighted by Crippen LogP contribution is 2.25. The van der Waals surface area contributed by atoms with Crippen molar-refractivity contribution >= 4 is 15.5 Å². The van der Waals surface area contributed by atoms with E-state index >= 15 is 0 Å². The Morgan fingerprint density at radius 3 is 2.40 bits per heavy atom. The Morgan fingerprint density at radius 1 is 1.47 bits per heavy atom. The molecule has 0 saturated carbocycles. The van der Waals surface area contributed by atoms with Gasteiger partial charge in [0.25, 0.3) is 0 Å². The van der Waals surface area contributed by atoms with Crippen molar-refractivity contribution in [2.75, 3.05) is 12.0 Å². The van der Waals surface area contributed by atoms with E-state index in [0.717, 1.165) is 0 Å². The predicted octanol–water partition coefficient (Wildman–Crippen LogP) is 0.822. The Labute approximate surface area is 84.9 Å². The molecule has 0 aliphatic rings. The molecule has 0 aliphatic carbocycles. The number of nitriles is 1. The molecule has 15 heavy (non-hydrogen) atoms. The minimum absolute atomic E-state index is 0.431. The van der Waals surface area contributed by atoms with Crippen molar-refractivity contribution in [1.29, 1.82) is 5.26 Å². The smallest absolute Gasteiger partial charge is 0.181 e. The van der Waals surface area contributed by atoms with Gasteiger partial charge >= 0.3 is 0 Å². The fraction of sp³-hybridized carbons (Fsp3) is 0.125. The summed E-state index contributed by atoms with van der Waals surface area (Å²) in [5.74, 6) is -2.75. The quantitative estimate of drug-likeness (QED) is 0.726. The SMILES string of the molecule is CS(=O)(=O)c1c(F)cc(N)c(C#N)c1F. The number of hydrogen-bond acceptors (Lipinski definition) is 4. The van der Waals surface area contributed by atoms with Crippen LogP contribution >= 0.6 is 0 Å². The van der Waals surface area contributed by atoms with Gasteiger partial charge in [0.15, 0.2) is 15.7 Å². The van der Waals surface area contributed by atoms with Gasteiger partial charge in [-0.05, 0) is 6.07 Å². The van der Waals surface area contributed by atoms with Crippen molar-refractivity contribution in [3.8, 4) is 6.07 Å². The topological polar surface area (TPSA) is 83.9 Å². The number of anilines is 1. The van der Waals surface area contributed by atoms with E-state index in [2.05, 4.69) is 0 Å². The number of nitrogens with zero attached hydrogens (tertiary/aromatic N) is 1. The maximum absolute atomic E-state index is 13.4. The number of rotatable bonds is 1. The molecule has 0 bridgehead atoms. The lowest BCUT2D eigenvalue weighted by atomic mass is 10.2. The molecule has 80 valence electrons. The van der Waals surface area contributed by atoms with E-state index in [4.69, 9.17) is 11.0 Å². The fourth-order valence-corrected chi connectivity index (χ4v) is 1.91. The maximum Gasteiger partial charge on any atom is 0.181 e. The number of benzene rings is 1. The third kappa shape index (κ3) is 1.89. The Hall–Kier alpha value is -1.68. The average Bonchev–Trinajstić information content (AvgIpc) is 2.00. The van der Waals surface area contributed by atoms with E-state index in [1.165, 1.54) is 6.07 Å². The van der Waals surface area contributed by atoms with Gasteiger partial charge in [0, 0.05) is 6.26 Å². The van der Waals surface area contributed by atoms with Gasteiger partial charge in [0.1, 0.15) is 22.3 Å². The number of nitrogens with two attached hydrogens (primary N) is 1. The summed E-state index contributed by atoms with van der Waals surface area (Å²) in [4.78, 5) is -1.13. The van der Waals surface area contributed by atoms with Crippen LogP contribution in [0.1, 0.15) is 5.56 Å². The van der Waals surface area contributed by atoms with E-state index in [9.17, 15) is 17.2 Å².